The Morgan fingerprint density at radius 1 is 0.862 bits per heavy atom. The molecule has 8 aliphatic carbocycles. The highest BCUT2D eigenvalue weighted by Crippen LogP contribution is 2.90. The van der Waals surface area contributed by atoms with Gasteiger partial charge in [0.1, 0.15) is 5.75 Å². The number of para-hydroxylation sites is 1. The van der Waals surface area contributed by atoms with E-state index in [-0.39, 0.29) is 5.41 Å². The molecule has 9 rings (SSSR count). The lowest BCUT2D eigenvalue weighted by molar-refractivity contribution is -0.0199. The predicted octanol–water partition coefficient (Wildman–Crippen LogP) is 4.26. The van der Waals surface area contributed by atoms with Crippen molar-refractivity contribution in [1.82, 2.24) is 0 Å². The van der Waals surface area contributed by atoms with E-state index in [1.807, 2.05) is 5.57 Å². The maximum absolute atomic E-state index is 11.1. The van der Waals surface area contributed by atoms with E-state index in [9.17, 15) is 5.11 Å². The summed E-state index contributed by atoms with van der Waals surface area (Å²) in [5.74, 6) is 13.1. The van der Waals surface area contributed by atoms with Crippen molar-refractivity contribution in [3.8, 4) is 5.75 Å². The summed E-state index contributed by atoms with van der Waals surface area (Å²) in [5, 5.41) is 11.1. The molecule has 29 heavy (non-hydrogen) atoms. The Balaban J connectivity index is 1.24. The van der Waals surface area contributed by atoms with Crippen LogP contribution in [0.1, 0.15) is 19.3 Å². The lowest BCUT2D eigenvalue weighted by atomic mass is 9.64. The van der Waals surface area contributed by atoms with Crippen molar-refractivity contribution in [1.29, 1.82) is 0 Å². The van der Waals surface area contributed by atoms with E-state index in [1.54, 1.807) is 0 Å². The number of rotatable bonds is 4. The lowest BCUT2D eigenvalue weighted by Crippen LogP contribution is -2.45. The topological polar surface area (TPSA) is 29.5 Å². The molecule has 2 heteroatoms. The first-order valence-corrected chi connectivity index (χ1v) is 12.3. The molecular formula is C27H30O2. The number of allylic oxidation sites excluding steroid dienone is 2. The highest BCUT2D eigenvalue weighted by atomic mass is 16.5. The standard InChI is InChI=1S/C27H30O2/c28-10-27(11-29-12-4-2-1-3-5-12)25-15-8-6-13-17-14-7-9-16-19(14)22-20(17)21(18(13)15)23(25)24(22)26(16)27/h1-5,8,13-14,16-26,28H,6-7,9-11H2/t13-,14-,16+,17-,18-,19+,20-,21+,22-,23-,24+,25+,26-,27-/m0/s1. The Morgan fingerprint density at radius 2 is 1.66 bits per heavy atom. The minimum Gasteiger partial charge on any atom is -0.493 e. The third-order valence-corrected chi connectivity index (χ3v) is 12.3. The smallest absolute Gasteiger partial charge is 0.119 e. The minimum atomic E-state index is -0.0272. The normalized spacial score (nSPS) is 62.5. The van der Waals surface area contributed by atoms with E-state index in [4.69, 9.17) is 4.74 Å². The van der Waals surface area contributed by atoms with Gasteiger partial charge in [-0.15, -0.1) is 0 Å². The SMILES string of the molecule is OC[C@@]1(COc2ccccc2)[C@H]2[C@@H]3CC[C@H]4[C@@H]5[C@@H]6CC=C7[C@H]6[C@@H]6[C@H]5[C@H]([C@@H]34)[C@@H]2[C@H]6[C@@H]71. The maximum Gasteiger partial charge on any atom is 0.119 e. The van der Waals surface area contributed by atoms with Gasteiger partial charge in [0.25, 0.3) is 0 Å². The Bertz CT molecular complexity index is 951. The molecule has 0 bridgehead atoms. The largest absolute Gasteiger partial charge is 0.493 e. The van der Waals surface area contributed by atoms with E-state index in [0.717, 1.165) is 83.4 Å². The van der Waals surface area contributed by atoms with Crippen LogP contribution < -0.4 is 4.74 Å². The summed E-state index contributed by atoms with van der Waals surface area (Å²) in [6.07, 6.45) is 6.99. The van der Waals surface area contributed by atoms with Crippen molar-refractivity contribution in [3.63, 3.8) is 0 Å². The third kappa shape index (κ3) is 1.36. The van der Waals surface area contributed by atoms with Gasteiger partial charge in [0, 0.05) is 5.41 Å². The molecule has 7 fully saturated rings. The number of aliphatic hydroxyl groups is 1. The zero-order valence-electron chi connectivity index (χ0n) is 16.9. The van der Waals surface area contributed by atoms with Gasteiger partial charge in [0.15, 0.2) is 0 Å². The van der Waals surface area contributed by atoms with Gasteiger partial charge in [-0.2, -0.15) is 0 Å². The number of ether oxygens (including phenoxy) is 1. The van der Waals surface area contributed by atoms with Crippen LogP contribution in [0.3, 0.4) is 0 Å². The number of fused-ring (bicyclic) bond motifs is 4. The molecule has 0 unspecified atom stereocenters. The van der Waals surface area contributed by atoms with E-state index in [1.165, 1.54) is 19.3 Å². The maximum atomic E-state index is 11.1. The molecular weight excluding hydrogens is 356 g/mol. The van der Waals surface area contributed by atoms with Crippen molar-refractivity contribution in [2.24, 2.45) is 82.3 Å². The van der Waals surface area contributed by atoms with Crippen LogP contribution in [0.4, 0.5) is 0 Å². The predicted molar refractivity (Wildman–Crippen MR) is 109 cm³/mol. The Labute approximate surface area is 172 Å². The van der Waals surface area contributed by atoms with Crippen LogP contribution in [-0.4, -0.2) is 18.3 Å². The van der Waals surface area contributed by atoms with Crippen LogP contribution in [-0.2, 0) is 0 Å². The zero-order chi connectivity index (χ0) is 18.6. The number of hydrogen-bond acceptors (Lipinski definition) is 2. The average molecular weight is 387 g/mol. The fourth-order valence-corrected chi connectivity index (χ4v) is 12.6. The fraction of sp³-hybridized carbons (Fsp3) is 0.704. The van der Waals surface area contributed by atoms with Gasteiger partial charge in [0.2, 0.25) is 0 Å². The molecule has 1 aromatic carbocycles. The molecule has 0 amide bonds. The number of aliphatic hydroxyl groups excluding tert-OH is 1. The Morgan fingerprint density at radius 3 is 2.52 bits per heavy atom. The summed E-state index contributed by atoms with van der Waals surface area (Å²) in [6, 6.07) is 10.4. The van der Waals surface area contributed by atoms with Crippen molar-refractivity contribution in [3.05, 3.63) is 42.0 Å². The molecule has 8 aliphatic rings. The molecule has 0 heterocycles. The molecule has 0 saturated heterocycles. The molecule has 2 nitrogen and oxygen atoms in total. The highest BCUT2D eigenvalue weighted by molar-refractivity contribution is 5.43. The number of benzene rings is 1. The first kappa shape index (κ1) is 15.5. The van der Waals surface area contributed by atoms with E-state index >= 15 is 0 Å². The second kappa shape index (κ2) is 4.64. The van der Waals surface area contributed by atoms with Gasteiger partial charge in [0.05, 0.1) is 13.2 Å². The molecule has 0 aromatic heterocycles. The van der Waals surface area contributed by atoms with Crippen LogP contribution in [0.5, 0.6) is 5.75 Å². The van der Waals surface area contributed by atoms with E-state index in [0.29, 0.717) is 12.5 Å². The number of hydrogen-bond donors (Lipinski definition) is 1. The summed E-state index contributed by atoms with van der Waals surface area (Å²) in [4.78, 5) is 0. The van der Waals surface area contributed by atoms with E-state index < -0.39 is 0 Å². The van der Waals surface area contributed by atoms with Gasteiger partial charge in [-0.1, -0.05) is 29.8 Å². The molecule has 7 saturated carbocycles. The van der Waals surface area contributed by atoms with Crippen molar-refractivity contribution in [2.45, 2.75) is 19.3 Å². The zero-order valence-corrected chi connectivity index (χ0v) is 16.9. The third-order valence-electron chi connectivity index (χ3n) is 12.3. The van der Waals surface area contributed by atoms with Crippen LogP contribution in [0.15, 0.2) is 42.0 Å². The Hall–Kier alpha value is -1.28. The second-order valence-electron chi connectivity index (χ2n) is 12.1. The van der Waals surface area contributed by atoms with Crippen molar-refractivity contribution in [2.75, 3.05) is 13.2 Å². The monoisotopic (exact) mass is 386 g/mol. The van der Waals surface area contributed by atoms with E-state index in [2.05, 4.69) is 36.4 Å². The van der Waals surface area contributed by atoms with Crippen LogP contribution in [0.25, 0.3) is 0 Å². The molecule has 1 N–H and O–H groups in total. The quantitative estimate of drug-likeness (QED) is 0.784. The average Bonchev–Trinajstić information content (AvgIpc) is 3.53. The molecule has 150 valence electrons. The van der Waals surface area contributed by atoms with Gasteiger partial charge < -0.3 is 9.84 Å². The highest BCUT2D eigenvalue weighted by Gasteiger charge is 2.86. The summed E-state index contributed by atoms with van der Waals surface area (Å²) >= 11 is 0. The molecule has 14 atom stereocenters. The van der Waals surface area contributed by atoms with Gasteiger partial charge in [-0.05, 0) is 108 Å². The molecule has 0 aliphatic heterocycles. The first-order valence-electron chi connectivity index (χ1n) is 12.3. The summed E-state index contributed by atoms with van der Waals surface area (Å²) in [7, 11) is 0. The lowest BCUT2D eigenvalue weighted by Gasteiger charge is -2.42. The molecule has 0 spiro atoms. The summed E-state index contributed by atoms with van der Waals surface area (Å²) in [5.41, 5.74) is 1.79. The summed E-state index contributed by atoms with van der Waals surface area (Å²) < 4.78 is 6.50. The molecule has 0 radical (unpaired) electrons. The fourth-order valence-electron chi connectivity index (χ4n) is 12.6. The van der Waals surface area contributed by atoms with Gasteiger partial charge in [-0.3, -0.25) is 0 Å². The second-order valence-corrected chi connectivity index (χ2v) is 12.1. The van der Waals surface area contributed by atoms with Crippen LogP contribution in [0, 0.1) is 82.3 Å². The van der Waals surface area contributed by atoms with Gasteiger partial charge >= 0.3 is 0 Å². The van der Waals surface area contributed by atoms with Crippen molar-refractivity contribution >= 4 is 0 Å². The van der Waals surface area contributed by atoms with Crippen LogP contribution in [0.2, 0.25) is 0 Å². The minimum absolute atomic E-state index is 0.0272. The van der Waals surface area contributed by atoms with Crippen LogP contribution >= 0.6 is 0 Å². The first-order chi connectivity index (χ1) is 14.3. The Kier molecular flexibility index (Phi) is 2.48. The molecule has 1 aromatic rings. The van der Waals surface area contributed by atoms with Crippen molar-refractivity contribution < 1.29 is 9.84 Å². The summed E-state index contributed by atoms with van der Waals surface area (Å²) in [6.45, 7) is 1.06. The van der Waals surface area contributed by atoms with Gasteiger partial charge in [-0.25, -0.2) is 0 Å².